The van der Waals surface area contributed by atoms with Gasteiger partial charge in [0.25, 0.3) is 11.8 Å². The number of esters is 1. The Balaban J connectivity index is 1.79. The Bertz CT molecular complexity index is 1560. The van der Waals surface area contributed by atoms with Gasteiger partial charge >= 0.3 is 5.97 Å². The van der Waals surface area contributed by atoms with Gasteiger partial charge in [0, 0.05) is 41.3 Å². The van der Waals surface area contributed by atoms with Crippen LogP contribution in [-0.2, 0) is 4.74 Å². The van der Waals surface area contributed by atoms with E-state index < -0.39 is 11.9 Å². The van der Waals surface area contributed by atoms with Gasteiger partial charge in [0.05, 0.1) is 12.7 Å². The molecule has 0 unspecified atom stereocenters. The number of benzene rings is 3. The Hall–Kier alpha value is -5.18. The number of carbonyl (C=O) groups is 3. The summed E-state index contributed by atoms with van der Waals surface area (Å²) < 4.78 is 5.04. The summed E-state index contributed by atoms with van der Waals surface area (Å²) in [4.78, 5) is 42.3. The first-order valence-electron chi connectivity index (χ1n) is 12.7. The van der Waals surface area contributed by atoms with Gasteiger partial charge in [-0.1, -0.05) is 32.0 Å². The first kappa shape index (κ1) is 27.8. The molecule has 4 rings (SSSR count). The van der Waals surface area contributed by atoms with Crippen molar-refractivity contribution in [2.24, 2.45) is 11.7 Å². The molecule has 1 aromatic heterocycles. The number of amides is 2. The molecule has 0 fully saturated rings. The van der Waals surface area contributed by atoms with Crippen molar-refractivity contribution in [2.45, 2.75) is 13.8 Å². The van der Waals surface area contributed by atoms with Crippen LogP contribution < -0.4 is 16.4 Å². The van der Waals surface area contributed by atoms with Crippen LogP contribution in [0.15, 0.2) is 79.1 Å². The molecular formula is C31H31N5O4. The zero-order valence-electron chi connectivity index (χ0n) is 22.5. The van der Waals surface area contributed by atoms with E-state index >= 15 is 0 Å². The average Bonchev–Trinajstić information content (AvgIpc) is 3.50. The molecule has 0 radical (unpaired) electrons. The van der Waals surface area contributed by atoms with Crippen molar-refractivity contribution in [3.05, 3.63) is 101 Å². The highest BCUT2D eigenvalue weighted by molar-refractivity contribution is 6.12. The van der Waals surface area contributed by atoms with E-state index in [2.05, 4.69) is 15.6 Å². The number of anilines is 1. The Morgan fingerprint density at radius 3 is 2.17 bits per heavy atom. The summed E-state index contributed by atoms with van der Waals surface area (Å²) in [5.74, 6) is -1.15. The van der Waals surface area contributed by atoms with Crippen LogP contribution in [0.3, 0.4) is 0 Å². The number of nitrogens with two attached hydrogens (primary N) is 1. The lowest BCUT2D eigenvalue weighted by molar-refractivity contribution is 0.0601. The molecule has 3 aromatic carbocycles. The maximum absolute atomic E-state index is 13.7. The highest BCUT2D eigenvalue weighted by Crippen LogP contribution is 2.33. The molecule has 0 saturated carbocycles. The summed E-state index contributed by atoms with van der Waals surface area (Å²) in [5.41, 5.74) is 10.0. The number of nitrogens with one attached hydrogen (secondary N) is 4. The van der Waals surface area contributed by atoms with Crippen LogP contribution >= 0.6 is 0 Å². The summed E-state index contributed by atoms with van der Waals surface area (Å²) in [5, 5.41) is 13.3. The predicted octanol–water partition coefficient (Wildman–Crippen LogP) is 5.06. The van der Waals surface area contributed by atoms with Crippen LogP contribution in [0.1, 0.15) is 50.5 Å². The quantitative estimate of drug-likeness (QED) is 0.115. The Kier molecular flexibility index (Phi) is 8.44. The number of hydrogen-bond acceptors (Lipinski definition) is 5. The van der Waals surface area contributed by atoms with Crippen molar-refractivity contribution in [3.8, 4) is 22.3 Å². The second-order valence-corrected chi connectivity index (χ2v) is 9.66. The van der Waals surface area contributed by atoms with Crippen LogP contribution in [-0.4, -0.2) is 42.3 Å². The third-order valence-electron chi connectivity index (χ3n) is 6.30. The smallest absolute Gasteiger partial charge is 0.338 e. The number of amidine groups is 1. The number of nitrogen functional groups attached to an aromatic ring is 1. The minimum Gasteiger partial charge on any atom is -0.465 e. The molecule has 40 heavy (non-hydrogen) atoms. The van der Waals surface area contributed by atoms with Crippen molar-refractivity contribution in [1.29, 1.82) is 5.41 Å². The fourth-order valence-electron chi connectivity index (χ4n) is 4.18. The first-order valence-corrected chi connectivity index (χ1v) is 12.7. The molecule has 0 aliphatic rings. The summed E-state index contributed by atoms with van der Waals surface area (Å²) in [7, 11) is 1.27. The Morgan fingerprint density at radius 2 is 1.55 bits per heavy atom. The summed E-state index contributed by atoms with van der Waals surface area (Å²) in [6.07, 6.45) is 3.61. The van der Waals surface area contributed by atoms with Gasteiger partial charge in [-0.25, -0.2) is 4.79 Å². The van der Waals surface area contributed by atoms with E-state index in [4.69, 9.17) is 15.9 Å². The molecule has 4 aromatic rings. The van der Waals surface area contributed by atoms with E-state index in [9.17, 15) is 14.4 Å². The third kappa shape index (κ3) is 6.27. The molecule has 0 atom stereocenters. The highest BCUT2D eigenvalue weighted by Gasteiger charge is 2.22. The second kappa shape index (κ2) is 12.1. The van der Waals surface area contributed by atoms with Gasteiger partial charge < -0.3 is 26.1 Å². The van der Waals surface area contributed by atoms with Gasteiger partial charge in [-0.15, -0.1) is 0 Å². The van der Waals surface area contributed by atoms with E-state index in [1.807, 2.05) is 32.2 Å². The number of methoxy groups -OCH3 is 1. The minimum absolute atomic E-state index is 0.0731. The lowest BCUT2D eigenvalue weighted by atomic mass is 9.91. The zero-order valence-corrected chi connectivity index (χ0v) is 22.5. The van der Waals surface area contributed by atoms with Gasteiger partial charge in [0.1, 0.15) is 5.84 Å². The van der Waals surface area contributed by atoms with E-state index in [0.717, 1.165) is 11.1 Å². The lowest BCUT2D eigenvalue weighted by Crippen LogP contribution is -2.27. The summed E-state index contributed by atoms with van der Waals surface area (Å²) in [6.45, 7) is 4.47. The van der Waals surface area contributed by atoms with E-state index in [0.29, 0.717) is 40.0 Å². The van der Waals surface area contributed by atoms with Crippen LogP contribution in [0.2, 0.25) is 0 Å². The lowest BCUT2D eigenvalue weighted by Gasteiger charge is -2.16. The number of ether oxygens (including phenoxy) is 1. The monoisotopic (exact) mass is 537 g/mol. The highest BCUT2D eigenvalue weighted by atomic mass is 16.5. The maximum Gasteiger partial charge on any atom is 0.338 e. The van der Waals surface area contributed by atoms with Gasteiger partial charge in [0.15, 0.2) is 0 Å². The molecule has 204 valence electrons. The van der Waals surface area contributed by atoms with Crippen molar-refractivity contribution < 1.29 is 19.1 Å². The molecule has 0 saturated heterocycles. The molecule has 2 amide bonds. The van der Waals surface area contributed by atoms with E-state index in [1.54, 1.807) is 54.7 Å². The van der Waals surface area contributed by atoms with E-state index in [-0.39, 0.29) is 23.2 Å². The van der Waals surface area contributed by atoms with Crippen LogP contribution in [0.4, 0.5) is 5.69 Å². The third-order valence-corrected chi connectivity index (χ3v) is 6.30. The van der Waals surface area contributed by atoms with Crippen molar-refractivity contribution in [1.82, 2.24) is 10.3 Å². The molecule has 0 bridgehead atoms. The Morgan fingerprint density at radius 1 is 0.875 bits per heavy atom. The van der Waals surface area contributed by atoms with Crippen molar-refractivity contribution >= 4 is 29.3 Å². The van der Waals surface area contributed by atoms with Gasteiger partial charge in [-0.05, 0) is 76.7 Å². The average molecular weight is 538 g/mol. The molecule has 1 heterocycles. The number of carbonyl (C=O) groups excluding carboxylic acids is 3. The van der Waals surface area contributed by atoms with Gasteiger partial charge in [-0.3, -0.25) is 15.0 Å². The zero-order chi connectivity index (χ0) is 28.8. The number of H-pyrrole nitrogens is 1. The fraction of sp³-hybridized carbons (Fsp3) is 0.161. The van der Waals surface area contributed by atoms with Crippen LogP contribution in [0, 0.1) is 11.3 Å². The maximum atomic E-state index is 13.7. The molecule has 9 heteroatoms. The topological polar surface area (TPSA) is 150 Å². The normalized spacial score (nSPS) is 10.7. The number of rotatable bonds is 9. The molecule has 0 spiro atoms. The molecule has 0 aliphatic heterocycles. The first-order chi connectivity index (χ1) is 19.2. The van der Waals surface area contributed by atoms with E-state index in [1.165, 1.54) is 13.2 Å². The SMILES string of the molecule is COC(=O)c1cc(C(=O)NCC(C)C)ccc1-c1ccc(-c2cc[nH]c2)cc1C(=O)Nc1ccc(C(=N)N)cc1. The molecule has 0 aliphatic carbocycles. The van der Waals surface area contributed by atoms with Crippen molar-refractivity contribution in [2.75, 3.05) is 19.0 Å². The summed E-state index contributed by atoms with van der Waals surface area (Å²) >= 11 is 0. The summed E-state index contributed by atoms with van der Waals surface area (Å²) in [6, 6.07) is 18.7. The molecule has 6 N–H and O–H groups in total. The number of aromatic nitrogens is 1. The van der Waals surface area contributed by atoms with Crippen molar-refractivity contribution in [3.63, 3.8) is 0 Å². The van der Waals surface area contributed by atoms with Crippen LogP contribution in [0.5, 0.6) is 0 Å². The number of hydrogen-bond donors (Lipinski definition) is 5. The molecular weight excluding hydrogens is 506 g/mol. The van der Waals surface area contributed by atoms with Gasteiger partial charge in [0.2, 0.25) is 0 Å². The largest absolute Gasteiger partial charge is 0.465 e. The Labute approximate surface area is 232 Å². The van der Waals surface area contributed by atoms with Gasteiger partial charge in [-0.2, -0.15) is 0 Å². The minimum atomic E-state index is -0.630. The van der Waals surface area contributed by atoms with Crippen LogP contribution in [0.25, 0.3) is 22.3 Å². The number of aromatic amines is 1. The predicted molar refractivity (Wildman–Crippen MR) is 156 cm³/mol. The fourth-order valence-corrected chi connectivity index (χ4v) is 4.18. The second-order valence-electron chi connectivity index (χ2n) is 9.66. The standard InChI is InChI=1S/C31H31N5O4/c1-18(2)16-35-29(37)21-7-11-25(27(15-21)31(39)40-3)24-10-6-20(22-12-13-34-17-22)14-26(24)30(38)36-23-8-4-19(5-9-23)28(32)33/h4-15,17-18,34H,16H2,1-3H3,(H3,32,33)(H,35,37)(H,36,38). The molecule has 9 nitrogen and oxygen atoms in total.